The topological polar surface area (TPSA) is 0 Å². The molecule has 47 heavy (non-hydrogen) atoms. The SMILES string of the molecule is Cc1cc2c(-c3ccc(C(C)(C)C)cc3)ccc(C)c2[cH-]1.Cc1ccc(-c2cccc3[cH-]c(C(C)C)cc23)c(C)c1.Cl.Cl.[CH3-].[CH3-].[Si]=[Zr]. The predicted octanol–water partition coefficient (Wildman–Crippen LogP) is 13.5. The summed E-state index contributed by atoms with van der Waals surface area (Å²) in [7, 11) is 0. The van der Waals surface area contributed by atoms with E-state index in [1.165, 1.54) is 101 Å². The second-order valence-corrected chi connectivity index (χ2v) is 13.2. The normalized spacial score (nSPS) is 10.3. The van der Waals surface area contributed by atoms with Gasteiger partial charge < -0.3 is 14.9 Å². The molecule has 0 fully saturated rings. The number of rotatable bonds is 3. The van der Waals surface area contributed by atoms with Crippen LogP contribution in [0.2, 0.25) is 0 Å². The van der Waals surface area contributed by atoms with Crippen LogP contribution in [0.4, 0.5) is 0 Å². The molecule has 0 nitrogen and oxygen atoms in total. The van der Waals surface area contributed by atoms with E-state index in [0.717, 1.165) is 0 Å². The van der Waals surface area contributed by atoms with Crippen LogP contribution in [0.5, 0.6) is 0 Å². The third-order valence-corrected chi connectivity index (χ3v) is 8.42. The summed E-state index contributed by atoms with van der Waals surface area (Å²) < 4.78 is 0. The molecule has 0 heterocycles. The van der Waals surface area contributed by atoms with Crippen molar-refractivity contribution < 1.29 is 23.3 Å². The molecule has 0 aromatic heterocycles. The Morgan fingerprint density at radius 1 is 0.638 bits per heavy atom. The molecule has 0 atom stereocenters. The Morgan fingerprint density at radius 2 is 1.26 bits per heavy atom. The number of benzene rings is 4. The molecular formula is C43H52Cl2SiZr-4. The molecule has 0 saturated heterocycles. The van der Waals surface area contributed by atoms with Crippen LogP contribution in [0.25, 0.3) is 43.8 Å². The quantitative estimate of drug-likeness (QED) is 0.125. The third kappa shape index (κ3) is 10.4. The molecule has 4 heteroatoms. The van der Waals surface area contributed by atoms with Crippen LogP contribution >= 0.6 is 24.8 Å². The molecule has 0 amide bonds. The van der Waals surface area contributed by atoms with E-state index >= 15 is 0 Å². The van der Waals surface area contributed by atoms with Crippen molar-refractivity contribution in [2.45, 2.75) is 73.6 Å². The Kier molecular flexibility index (Phi) is 18.2. The standard InChI is InChI=1S/C21H23.C20H21.2CH3.2ClH.Si.Zr/c1-14-12-19-15(2)6-11-18(20(19)13-14)16-7-9-17(10-8-16)21(3,4)5;1-13(2)17-11-16-6-5-7-19(20(16)12-17)18-9-8-14(3)10-15(18)4;;;;;;/h6-13H,1-5H3;5-13H,1-4H3;2*1H3;2*1H;;/q4*-1;;;;. The van der Waals surface area contributed by atoms with E-state index in [0.29, 0.717) is 5.92 Å². The molecule has 2 radical (unpaired) electrons. The van der Waals surface area contributed by atoms with Crippen molar-refractivity contribution in [2.24, 2.45) is 0 Å². The zero-order valence-electron chi connectivity index (χ0n) is 30.1. The van der Waals surface area contributed by atoms with Gasteiger partial charge in [-0.15, -0.1) is 93.4 Å². The first-order valence-electron chi connectivity index (χ1n) is 15.2. The van der Waals surface area contributed by atoms with Crippen molar-refractivity contribution in [3.8, 4) is 22.3 Å². The Labute approximate surface area is 315 Å². The van der Waals surface area contributed by atoms with Crippen molar-refractivity contribution in [1.82, 2.24) is 0 Å². The van der Waals surface area contributed by atoms with Crippen molar-refractivity contribution in [3.05, 3.63) is 145 Å². The van der Waals surface area contributed by atoms with E-state index in [-0.39, 0.29) is 45.1 Å². The van der Waals surface area contributed by atoms with Gasteiger partial charge in [0.1, 0.15) is 0 Å². The van der Waals surface area contributed by atoms with Crippen molar-refractivity contribution in [2.75, 3.05) is 0 Å². The zero-order chi connectivity index (χ0) is 31.5. The van der Waals surface area contributed by atoms with Gasteiger partial charge in [0.2, 0.25) is 0 Å². The maximum atomic E-state index is 3.06. The van der Waals surface area contributed by atoms with Crippen LogP contribution in [0.1, 0.15) is 73.9 Å². The van der Waals surface area contributed by atoms with E-state index in [2.05, 4.69) is 166 Å². The van der Waals surface area contributed by atoms with Gasteiger partial charge in [0, 0.05) is 0 Å². The Bertz CT molecular complexity index is 1850. The first kappa shape index (κ1) is 44.8. The Balaban J connectivity index is 0.000000792. The number of hydrogen-bond donors (Lipinski definition) is 0. The first-order valence-corrected chi connectivity index (χ1v) is 19.4. The molecule has 6 aromatic carbocycles. The van der Waals surface area contributed by atoms with Gasteiger partial charge in [0.15, 0.2) is 0 Å². The van der Waals surface area contributed by atoms with Crippen LogP contribution in [-0.2, 0) is 28.8 Å². The monoisotopic (exact) mass is 756 g/mol. The molecule has 0 unspecified atom stereocenters. The molecule has 6 rings (SSSR count). The van der Waals surface area contributed by atoms with Crippen molar-refractivity contribution in [1.29, 1.82) is 0 Å². The first-order chi connectivity index (χ1) is 20.4. The van der Waals surface area contributed by atoms with Gasteiger partial charge in [-0.3, -0.25) is 0 Å². The number of aryl methyl sites for hydroxylation is 4. The molecule has 0 aliphatic carbocycles. The van der Waals surface area contributed by atoms with Gasteiger partial charge in [-0.1, -0.05) is 120 Å². The van der Waals surface area contributed by atoms with Gasteiger partial charge in [0.05, 0.1) is 0 Å². The molecule has 6 aromatic rings. The fourth-order valence-corrected chi connectivity index (χ4v) is 5.93. The van der Waals surface area contributed by atoms with E-state index < -0.39 is 0 Å². The summed E-state index contributed by atoms with van der Waals surface area (Å²) >= 11 is 1.36. The van der Waals surface area contributed by atoms with Crippen LogP contribution < -0.4 is 0 Å². The van der Waals surface area contributed by atoms with Crippen LogP contribution in [0, 0.1) is 42.5 Å². The molecule has 250 valence electrons. The van der Waals surface area contributed by atoms with Gasteiger partial charge in [-0.2, -0.15) is 12.1 Å². The van der Waals surface area contributed by atoms with Gasteiger partial charge in [0.25, 0.3) is 0 Å². The maximum absolute atomic E-state index is 3.06. The molecule has 0 saturated carbocycles. The predicted molar refractivity (Wildman–Crippen MR) is 215 cm³/mol. The number of fused-ring (bicyclic) bond motifs is 2. The molecule has 0 spiro atoms. The van der Waals surface area contributed by atoms with Crippen molar-refractivity contribution in [3.63, 3.8) is 0 Å². The molecule has 0 bridgehead atoms. The van der Waals surface area contributed by atoms with E-state index in [1.54, 1.807) is 0 Å². The summed E-state index contributed by atoms with van der Waals surface area (Å²) in [6.07, 6.45) is 0. The summed E-state index contributed by atoms with van der Waals surface area (Å²) in [4.78, 5) is 0. The summed E-state index contributed by atoms with van der Waals surface area (Å²) in [6, 6.07) is 36.1. The molecule has 0 aliphatic rings. The minimum absolute atomic E-state index is 0. The summed E-state index contributed by atoms with van der Waals surface area (Å²) in [5, 5.41) is 5.48. The number of hydrogen-bond acceptors (Lipinski definition) is 0. The average Bonchev–Trinajstić information content (AvgIpc) is 3.59. The van der Waals surface area contributed by atoms with E-state index in [4.69, 9.17) is 0 Å². The van der Waals surface area contributed by atoms with Crippen LogP contribution in [0.15, 0.2) is 97.1 Å². The molecular weight excluding hydrogens is 707 g/mol. The minimum atomic E-state index is 0. The van der Waals surface area contributed by atoms with Crippen molar-refractivity contribution >= 4 is 53.2 Å². The Morgan fingerprint density at radius 3 is 1.83 bits per heavy atom. The van der Waals surface area contributed by atoms with Crippen LogP contribution in [0.3, 0.4) is 0 Å². The fraction of sp³-hybridized carbons (Fsp3) is 0.256. The zero-order valence-corrected chi connectivity index (χ0v) is 35.2. The summed E-state index contributed by atoms with van der Waals surface area (Å²) in [5.74, 6) is 0.578. The van der Waals surface area contributed by atoms with Gasteiger partial charge in [-0.05, 0) is 47.4 Å². The van der Waals surface area contributed by atoms with Gasteiger partial charge >= 0.3 is 30.2 Å². The van der Waals surface area contributed by atoms with E-state index in [1.807, 2.05) is 0 Å². The second kappa shape index (κ2) is 19.1. The van der Waals surface area contributed by atoms with E-state index in [9.17, 15) is 0 Å². The molecule has 0 N–H and O–H groups in total. The Hall–Kier alpha value is -2.22. The third-order valence-electron chi connectivity index (χ3n) is 8.42. The summed E-state index contributed by atoms with van der Waals surface area (Å²) in [5.41, 5.74) is 13.7. The van der Waals surface area contributed by atoms with Gasteiger partial charge in [-0.25, -0.2) is 0 Å². The fourth-order valence-electron chi connectivity index (χ4n) is 5.93. The number of halogens is 2. The van der Waals surface area contributed by atoms with Crippen LogP contribution in [-0.4, -0.2) is 6.88 Å². The second-order valence-electron chi connectivity index (χ2n) is 13.2. The average molecular weight is 759 g/mol. The summed E-state index contributed by atoms with van der Waals surface area (Å²) in [6.45, 7) is 23.1. The molecule has 0 aliphatic heterocycles.